The lowest BCUT2D eigenvalue weighted by molar-refractivity contribution is -0.116. The summed E-state index contributed by atoms with van der Waals surface area (Å²) in [7, 11) is 1.58. The predicted octanol–water partition coefficient (Wildman–Crippen LogP) is 4.17. The van der Waals surface area contributed by atoms with E-state index >= 15 is 0 Å². The molecule has 32 heavy (non-hydrogen) atoms. The molecule has 0 aliphatic carbocycles. The normalized spacial score (nSPS) is 12.3. The van der Waals surface area contributed by atoms with Gasteiger partial charge in [0.2, 0.25) is 6.79 Å². The Morgan fingerprint density at radius 3 is 2.66 bits per heavy atom. The van der Waals surface area contributed by atoms with E-state index in [0.717, 1.165) is 16.7 Å². The number of amides is 1. The first kappa shape index (κ1) is 21.0. The van der Waals surface area contributed by atoms with Crippen LogP contribution in [-0.4, -0.2) is 26.0 Å². The number of benzene rings is 3. The van der Waals surface area contributed by atoms with Gasteiger partial charge < -0.3 is 18.9 Å². The lowest BCUT2D eigenvalue weighted by Gasteiger charge is -2.11. The summed E-state index contributed by atoms with van der Waals surface area (Å²) >= 11 is 0. The van der Waals surface area contributed by atoms with Gasteiger partial charge in [0, 0.05) is 6.08 Å². The highest BCUT2D eigenvalue weighted by Gasteiger charge is 2.12. The average Bonchev–Trinajstić information content (AvgIpc) is 3.30. The maximum atomic E-state index is 12.0. The van der Waals surface area contributed by atoms with Crippen LogP contribution in [0.25, 0.3) is 6.08 Å². The van der Waals surface area contributed by atoms with Crippen LogP contribution >= 0.6 is 0 Å². The fourth-order valence-electron chi connectivity index (χ4n) is 3.02. The standard InChI is InChI=1S/C25H22N2O5/c1-29-23-14-20(8-11-21(23)30-16-19-5-3-2-4-6-19)15-26-27-25(28)12-9-18-7-10-22-24(13-18)32-17-31-22/h2-15H,16-17H2,1H3,(H,27,28). The summed E-state index contributed by atoms with van der Waals surface area (Å²) in [5.74, 6) is 2.22. The molecule has 0 saturated carbocycles. The molecule has 1 heterocycles. The Balaban J connectivity index is 1.32. The van der Waals surface area contributed by atoms with E-state index in [1.165, 1.54) is 12.3 Å². The molecule has 1 amide bonds. The van der Waals surface area contributed by atoms with E-state index < -0.39 is 0 Å². The third kappa shape index (κ3) is 5.46. The largest absolute Gasteiger partial charge is 0.493 e. The maximum absolute atomic E-state index is 12.0. The summed E-state index contributed by atoms with van der Waals surface area (Å²) in [6.07, 6.45) is 4.61. The summed E-state index contributed by atoms with van der Waals surface area (Å²) in [4.78, 5) is 12.0. The van der Waals surface area contributed by atoms with Gasteiger partial charge in [-0.25, -0.2) is 5.43 Å². The van der Waals surface area contributed by atoms with Gasteiger partial charge in [-0.15, -0.1) is 0 Å². The molecule has 3 aromatic carbocycles. The second-order valence-electron chi connectivity index (χ2n) is 6.86. The van der Waals surface area contributed by atoms with Crippen LogP contribution < -0.4 is 24.4 Å². The second kappa shape index (κ2) is 10.2. The quantitative estimate of drug-likeness (QED) is 0.330. The van der Waals surface area contributed by atoms with Crippen LogP contribution in [0, 0.1) is 0 Å². The molecule has 0 spiro atoms. The van der Waals surface area contributed by atoms with E-state index in [1.54, 1.807) is 25.3 Å². The van der Waals surface area contributed by atoms with Gasteiger partial charge in [0.1, 0.15) is 6.61 Å². The number of carbonyl (C=O) groups excluding carboxylic acids is 1. The Morgan fingerprint density at radius 2 is 1.81 bits per heavy atom. The lowest BCUT2D eigenvalue weighted by atomic mass is 10.2. The van der Waals surface area contributed by atoms with Gasteiger partial charge in [-0.1, -0.05) is 36.4 Å². The van der Waals surface area contributed by atoms with Crippen molar-refractivity contribution in [3.05, 3.63) is 89.5 Å². The highest BCUT2D eigenvalue weighted by atomic mass is 16.7. The Bertz CT molecular complexity index is 1140. The van der Waals surface area contributed by atoms with Gasteiger partial charge in [0.15, 0.2) is 23.0 Å². The molecule has 0 aromatic heterocycles. The van der Waals surface area contributed by atoms with Crippen molar-refractivity contribution in [2.75, 3.05) is 13.9 Å². The van der Waals surface area contributed by atoms with Gasteiger partial charge in [0.05, 0.1) is 13.3 Å². The van der Waals surface area contributed by atoms with Crippen LogP contribution in [0.15, 0.2) is 77.9 Å². The van der Waals surface area contributed by atoms with E-state index in [0.29, 0.717) is 29.6 Å². The van der Waals surface area contributed by atoms with Gasteiger partial charge in [-0.2, -0.15) is 5.10 Å². The third-order valence-electron chi connectivity index (χ3n) is 4.64. The predicted molar refractivity (Wildman–Crippen MR) is 121 cm³/mol. The monoisotopic (exact) mass is 430 g/mol. The van der Waals surface area contributed by atoms with E-state index in [2.05, 4.69) is 10.5 Å². The summed E-state index contributed by atoms with van der Waals surface area (Å²) in [6, 6.07) is 20.8. The fourth-order valence-corrected chi connectivity index (χ4v) is 3.02. The number of hydrogen-bond donors (Lipinski definition) is 1. The Morgan fingerprint density at radius 1 is 1.00 bits per heavy atom. The SMILES string of the molecule is COc1cc(C=NNC(=O)C=Cc2ccc3c(c2)OCO3)ccc1OCc1ccccc1. The number of methoxy groups -OCH3 is 1. The van der Waals surface area contributed by atoms with Crippen molar-refractivity contribution in [2.24, 2.45) is 5.10 Å². The Hall–Kier alpha value is -4.26. The Kier molecular flexibility index (Phi) is 6.67. The van der Waals surface area contributed by atoms with Crippen LogP contribution in [0.2, 0.25) is 0 Å². The van der Waals surface area contributed by atoms with Crippen molar-refractivity contribution in [3.8, 4) is 23.0 Å². The topological polar surface area (TPSA) is 78.4 Å². The zero-order valence-corrected chi connectivity index (χ0v) is 17.5. The summed E-state index contributed by atoms with van der Waals surface area (Å²) in [5.41, 5.74) is 5.12. The van der Waals surface area contributed by atoms with Crippen molar-refractivity contribution >= 4 is 18.2 Å². The van der Waals surface area contributed by atoms with Crippen molar-refractivity contribution < 1.29 is 23.7 Å². The van der Waals surface area contributed by atoms with Crippen molar-refractivity contribution in [1.29, 1.82) is 0 Å². The summed E-state index contributed by atoms with van der Waals surface area (Å²) in [6.45, 7) is 0.652. The molecule has 3 aromatic rings. The summed E-state index contributed by atoms with van der Waals surface area (Å²) < 4.78 is 21.9. The van der Waals surface area contributed by atoms with Gasteiger partial charge in [-0.05, 0) is 53.1 Å². The molecule has 1 N–H and O–H groups in total. The smallest absolute Gasteiger partial charge is 0.264 e. The molecule has 0 saturated heterocycles. The van der Waals surface area contributed by atoms with E-state index in [9.17, 15) is 4.79 Å². The molecule has 7 heteroatoms. The van der Waals surface area contributed by atoms with Crippen molar-refractivity contribution in [3.63, 3.8) is 0 Å². The number of hydrazone groups is 1. The zero-order chi connectivity index (χ0) is 22.2. The van der Waals surface area contributed by atoms with E-state index in [-0.39, 0.29) is 12.7 Å². The first-order valence-electron chi connectivity index (χ1n) is 9.97. The molecular weight excluding hydrogens is 408 g/mol. The first-order valence-corrected chi connectivity index (χ1v) is 9.97. The number of ether oxygens (including phenoxy) is 4. The number of carbonyl (C=O) groups is 1. The van der Waals surface area contributed by atoms with Crippen molar-refractivity contribution in [2.45, 2.75) is 6.61 Å². The molecule has 1 aliphatic rings. The van der Waals surface area contributed by atoms with Crippen LogP contribution in [0.4, 0.5) is 0 Å². The molecule has 162 valence electrons. The van der Waals surface area contributed by atoms with Crippen LogP contribution in [0.3, 0.4) is 0 Å². The molecule has 0 radical (unpaired) electrons. The minimum absolute atomic E-state index is 0.211. The average molecular weight is 430 g/mol. The van der Waals surface area contributed by atoms with Crippen LogP contribution in [0.5, 0.6) is 23.0 Å². The molecular formula is C25H22N2O5. The van der Waals surface area contributed by atoms with Gasteiger partial charge >= 0.3 is 0 Å². The zero-order valence-electron chi connectivity index (χ0n) is 17.5. The van der Waals surface area contributed by atoms with Crippen LogP contribution in [-0.2, 0) is 11.4 Å². The Labute approximate surface area is 185 Å². The molecule has 0 atom stereocenters. The number of nitrogens with one attached hydrogen (secondary N) is 1. The molecule has 4 rings (SSSR count). The maximum Gasteiger partial charge on any atom is 0.264 e. The third-order valence-corrected chi connectivity index (χ3v) is 4.64. The summed E-state index contributed by atoms with van der Waals surface area (Å²) in [5, 5.41) is 3.99. The molecule has 0 fully saturated rings. The number of hydrogen-bond acceptors (Lipinski definition) is 6. The fraction of sp³-hybridized carbons (Fsp3) is 0.120. The second-order valence-corrected chi connectivity index (χ2v) is 6.86. The minimum Gasteiger partial charge on any atom is -0.493 e. The van der Waals surface area contributed by atoms with Gasteiger partial charge in [0.25, 0.3) is 5.91 Å². The number of rotatable bonds is 8. The van der Waals surface area contributed by atoms with Gasteiger partial charge in [-0.3, -0.25) is 4.79 Å². The number of nitrogens with zero attached hydrogens (tertiary/aromatic N) is 1. The van der Waals surface area contributed by atoms with E-state index in [1.807, 2.05) is 54.6 Å². The lowest BCUT2D eigenvalue weighted by Crippen LogP contribution is -2.14. The van der Waals surface area contributed by atoms with Crippen molar-refractivity contribution in [1.82, 2.24) is 5.43 Å². The molecule has 7 nitrogen and oxygen atoms in total. The van der Waals surface area contributed by atoms with Crippen LogP contribution in [0.1, 0.15) is 16.7 Å². The number of fused-ring (bicyclic) bond motifs is 1. The van der Waals surface area contributed by atoms with E-state index in [4.69, 9.17) is 18.9 Å². The first-order chi connectivity index (χ1) is 15.7. The highest BCUT2D eigenvalue weighted by molar-refractivity contribution is 5.92. The molecule has 1 aliphatic heterocycles. The molecule has 0 unspecified atom stereocenters. The highest BCUT2D eigenvalue weighted by Crippen LogP contribution is 2.32. The minimum atomic E-state index is -0.353. The molecule has 0 bridgehead atoms.